The normalized spacial score (nSPS) is 22.1. The molecule has 2 aliphatic carbocycles. The number of aromatic nitrogens is 6. The van der Waals surface area contributed by atoms with Crippen LogP contribution in [0.1, 0.15) is 97.6 Å². The fourth-order valence-corrected chi connectivity index (χ4v) is 10.2. The van der Waals surface area contributed by atoms with Gasteiger partial charge in [-0.1, -0.05) is 0 Å². The van der Waals surface area contributed by atoms with Gasteiger partial charge in [0.1, 0.15) is 12.2 Å². The van der Waals surface area contributed by atoms with Gasteiger partial charge in [0.15, 0.2) is 46.8 Å². The average molecular weight is 951 g/mol. The average Bonchev–Trinajstić information content (AvgIpc) is 4.15. The number of pyridine rings is 2. The fraction of sp³-hybridized carbons (Fsp3) is 0.385. The highest BCUT2D eigenvalue weighted by Crippen LogP contribution is 2.47. The summed E-state index contributed by atoms with van der Waals surface area (Å²) >= 11 is 0. The van der Waals surface area contributed by atoms with Gasteiger partial charge in [0, 0.05) is 71.3 Å². The predicted octanol–water partition coefficient (Wildman–Crippen LogP) is 5.88. The Balaban J connectivity index is 0.818. The van der Waals surface area contributed by atoms with Crippen LogP contribution in [0.15, 0.2) is 108 Å². The molecule has 0 radical (unpaired) electrons. The first-order valence-electron chi connectivity index (χ1n) is 23.7. The van der Waals surface area contributed by atoms with Gasteiger partial charge in [-0.2, -0.15) is 10.2 Å². The van der Waals surface area contributed by atoms with Crippen LogP contribution in [0.4, 0.5) is 0 Å². The number of fused-ring (bicyclic) bond motifs is 6. The van der Waals surface area contributed by atoms with Gasteiger partial charge in [0.05, 0.1) is 50.9 Å². The van der Waals surface area contributed by atoms with Crippen LogP contribution in [-0.2, 0) is 19.1 Å². The predicted molar refractivity (Wildman–Crippen MR) is 255 cm³/mol. The summed E-state index contributed by atoms with van der Waals surface area (Å²) in [4.78, 5) is 46.9. The Kier molecular flexibility index (Phi) is 13.2. The molecule has 18 nitrogen and oxygen atoms in total. The molecule has 2 saturated carbocycles. The van der Waals surface area contributed by atoms with Crippen molar-refractivity contribution in [3.63, 3.8) is 0 Å². The number of ether oxygens (including phenoxy) is 6. The molecule has 70 heavy (non-hydrogen) atoms. The molecule has 18 heteroatoms. The first-order chi connectivity index (χ1) is 34.1. The Hall–Kier alpha value is -7.44. The zero-order chi connectivity index (χ0) is 48.5. The Labute approximate surface area is 403 Å². The third kappa shape index (κ3) is 8.99. The van der Waals surface area contributed by atoms with Crippen molar-refractivity contribution in [1.29, 1.82) is 0 Å². The van der Waals surface area contributed by atoms with E-state index < -0.39 is 36.4 Å². The number of nitrogens with zero attached hydrogens (tertiary/aromatic N) is 8. The third-order valence-corrected chi connectivity index (χ3v) is 13.6. The number of carbonyl (C=O) groups is 2. The van der Waals surface area contributed by atoms with Gasteiger partial charge in [0.25, 0.3) is 0 Å². The molecule has 4 aromatic heterocycles. The van der Waals surface area contributed by atoms with E-state index in [2.05, 4.69) is 20.2 Å². The number of benzene rings is 2. The SMILES string of the molecule is CCOc1cc2c(cc1OC)C(c1ccc(-n3cccn3)nc1)=N[C@H]1CC[C@H](OC(=O)C(O)C(O)C(=O)O[C@H]3CC[C@@H]4N=C(c5ccc(-n6cccn6)nc5)c5cc(OC)c(OCC)cc5[C@@H]4C3)C[C@@H]21. The molecule has 2 N–H and O–H groups in total. The molecular formula is C52H54N8O10. The second-order valence-corrected chi connectivity index (χ2v) is 17.7. The molecular weight excluding hydrogens is 897 g/mol. The highest BCUT2D eigenvalue weighted by Gasteiger charge is 2.43. The van der Waals surface area contributed by atoms with Crippen molar-refractivity contribution in [2.45, 2.75) is 101 Å². The number of aliphatic hydroxyl groups is 2. The molecule has 362 valence electrons. The highest BCUT2D eigenvalue weighted by molar-refractivity contribution is 6.15. The van der Waals surface area contributed by atoms with Gasteiger partial charge in [-0.05, 0) is 124 Å². The number of rotatable bonds is 15. The molecule has 6 aromatic rings. The summed E-state index contributed by atoms with van der Waals surface area (Å²) in [5, 5.41) is 30.8. The van der Waals surface area contributed by atoms with Crippen LogP contribution in [0.2, 0.25) is 0 Å². The number of esters is 2. The van der Waals surface area contributed by atoms with Crippen molar-refractivity contribution >= 4 is 23.4 Å². The molecule has 8 atom stereocenters. The van der Waals surface area contributed by atoms with Gasteiger partial charge in [-0.15, -0.1) is 0 Å². The van der Waals surface area contributed by atoms with E-state index in [0.717, 1.165) is 44.8 Å². The van der Waals surface area contributed by atoms with Gasteiger partial charge >= 0.3 is 11.9 Å². The molecule has 2 unspecified atom stereocenters. The maximum Gasteiger partial charge on any atom is 0.338 e. The lowest BCUT2D eigenvalue weighted by Gasteiger charge is -2.39. The van der Waals surface area contributed by atoms with Crippen LogP contribution in [0, 0.1) is 0 Å². The van der Waals surface area contributed by atoms with Crippen molar-refractivity contribution in [3.8, 4) is 34.6 Å². The summed E-state index contributed by atoms with van der Waals surface area (Å²) in [7, 11) is 3.17. The molecule has 0 bridgehead atoms. The second-order valence-electron chi connectivity index (χ2n) is 17.7. The zero-order valence-corrected chi connectivity index (χ0v) is 39.3. The second kappa shape index (κ2) is 19.9. The van der Waals surface area contributed by atoms with Gasteiger partial charge in [-0.3, -0.25) is 9.98 Å². The molecule has 10 rings (SSSR count). The Morgan fingerprint density at radius 2 is 1.07 bits per heavy atom. The molecule has 0 spiro atoms. The van der Waals surface area contributed by atoms with Crippen molar-refractivity contribution in [3.05, 3.63) is 131 Å². The Morgan fingerprint density at radius 3 is 1.43 bits per heavy atom. The first kappa shape index (κ1) is 46.3. The molecule has 2 fully saturated rings. The smallest absolute Gasteiger partial charge is 0.338 e. The number of carbonyl (C=O) groups excluding carboxylic acids is 2. The summed E-state index contributed by atoms with van der Waals surface area (Å²) in [6, 6.07) is 18.8. The van der Waals surface area contributed by atoms with E-state index in [4.69, 9.17) is 38.4 Å². The number of hydrogen-bond donors (Lipinski definition) is 2. The van der Waals surface area contributed by atoms with E-state index in [-0.39, 0.29) is 23.9 Å². The fourth-order valence-electron chi connectivity index (χ4n) is 10.2. The van der Waals surface area contributed by atoms with Crippen molar-refractivity contribution in [2.24, 2.45) is 9.98 Å². The lowest BCUT2D eigenvalue weighted by Crippen LogP contribution is -2.45. The number of aliphatic hydroxyl groups excluding tert-OH is 2. The summed E-state index contributed by atoms with van der Waals surface area (Å²) in [5.41, 5.74) is 6.71. The maximum absolute atomic E-state index is 13.6. The first-order valence-corrected chi connectivity index (χ1v) is 23.7. The van der Waals surface area contributed by atoms with Crippen LogP contribution in [-0.4, -0.2) is 127 Å². The monoisotopic (exact) mass is 950 g/mol. The quantitative estimate of drug-likeness (QED) is 0.115. The number of methoxy groups -OCH3 is 2. The van der Waals surface area contributed by atoms with Crippen LogP contribution in [0.3, 0.4) is 0 Å². The molecule has 2 aromatic carbocycles. The minimum Gasteiger partial charge on any atom is -0.493 e. The summed E-state index contributed by atoms with van der Waals surface area (Å²) in [6.07, 6.45) is 7.73. The summed E-state index contributed by atoms with van der Waals surface area (Å²) in [5.74, 6) is 0.985. The highest BCUT2D eigenvalue weighted by atomic mass is 16.6. The molecule has 4 aliphatic rings. The zero-order valence-electron chi connectivity index (χ0n) is 39.3. The van der Waals surface area contributed by atoms with E-state index >= 15 is 0 Å². The van der Waals surface area contributed by atoms with Gasteiger partial charge in [0.2, 0.25) is 0 Å². The molecule has 0 amide bonds. The van der Waals surface area contributed by atoms with Crippen molar-refractivity contribution in [1.82, 2.24) is 29.5 Å². The van der Waals surface area contributed by atoms with Crippen molar-refractivity contribution < 1.29 is 48.2 Å². The summed E-state index contributed by atoms with van der Waals surface area (Å²) in [6.45, 7) is 4.64. The Bertz CT molecular complexity index is 2710. The van der Waals surface area contributed by atoms with E-state index in [1.807, 2.05) is 86.9 Å². The standard InChI is InChI=1S/C52H54N8O10/c1-5-67-43-23-33-35-21-31(11-13-39(35)57-47(37(33)25-41(43)65-3)29-9-15-45(53-27-29)59-19-7-17-55-59)69-51(63)49(61)50(62)52(64)70-32-12-14-40-36(22-32)34-24-44(68-6-2)42(66-4)26-38(34)48(58-40)30-10-16-46(54-28-30)60-20-8-18-56-60/h7-10,15-20,23-28,31-32,35-36,39-40,49-50,61-62H,5-6,11-14,21-22H2,1-4H3/t31-,32-,35-,36-,39-,40-,49?,50?/m0/s1. The van der Waals surface area contributed by atoms with E-state index in [1.165, 1.54) is 0 Å². The number of aliphatic imine (C=N–C) groups is 2. The topological polar surface area (TPSA) is 216 Å². The molecule has 0 saturated heterocycles. The lowest BCUT2D eigenvalue weighted by atomic mass is 9.74. The van der Waals surface area contributed by atoms with Gasteiger partial charge < -0.3 is 38.6 Å². The largest absolute Gasteiger partial charge is 0.493 e. The van der Waals surface area contributed by atoms with E-state index in [0.29, 0.717) is 86.4 Å². The van der Waals surface area contributed by atoms with Crippen LogP contribution in [0.25, 0.3) is 11.6 Å². The van der Waals surface area contributed by atoms with Crippen molar-refractivity contribution in [2.75, 3.05) is 27.4 Å². The lowest BCUT2D eigenvalue weighted by molar-refractivity contribution is -0.180. The number of hydrogen-bond acceptors (Lipinski definition) is 16. The van der Waals surface area contributed by atoms with Crippen LogP contribution < -0.4 is 18.9 Å². The third-order valence-electron chi connectivity index (χ3n) is 13.6. The minimum absolute atomic E-state index is 0.162. The van der Waals surface area contributed by atoms with E-state index in [1.54, 1.807) is 48.4 Å². The van der Waals surface area contributed by atoms with Crippen LogP contribution >= 0.6 is 0 Å². The van der Waals surface area contributed by atoms with E-state index in [9.17, 15) is 19.8 Å². The Morgan fingerprint density at radius 1 is 0.629 bits per heavy atom. The van der Waals surface area contributed by atoms with Crippen LogP contribution in [0.5, 0.6) is 23.0 Å². The van der Waals surface area contributed by atoms with Gasteiger partial charge in [-0.25, -0.2) is 28.9 Å². The molecule has 6 heterocycles. The molecule has 2 aliphatic heterocycles. The maximum atomic E-state index is 13.6. The minimum atomic E-state index is -2.17. The summed E-state index contributed by atoms with van der Waals surface area (Å²) < 4.78 is 38.6.